The van der Waals surface area contributed by atoms with Gasteiger partial charge in [0, 0.05) is 24.5 Å². The highest BCUT2D eigenvalue weighted by atomic mass is 16.5. The summed E-state index contributed by atoms with van der Waals surface area (Å²) in [5.41, 5.74) is 3.13. The molecule has 222 valence electrons. The molecule has 4 aliphatic carbocycles. The van der Waals surface area contributed by atoms with Crippen LogP contribution in [0.1, 0.15) is 124 Å². The van der Waals surface area contributed by atoms with Crippen molar-refractivity contribution in [2.24, 2.45) is 39.9 Å². The van der Waals surface area contributed by atoms with Crippen LogP contribution in [-0.2, 0) is 21.4 Å². The van der Waals surface area contributed by atoms with E-state index in [0.29, 0.717) is 11.8 Å². The summed E-state index contributed by atoms with van der Waals surface area (Å²) in [5, 5.41) is 12.0. The number of ether oxygens (including phenoxy) is 1. The minimum Gasteiger partial charge on any atom is -0.462 e. The molecule has 0 radical (unpaired) electrons. The molecule has 3 saturated carbocycles. The number of carbonyl (C=O) groups is 1. The van der Waals surface area contributed by atoms with Crippen molar-refractivity contribution in [1.29, 1.82) is 0 Å². The Hall–Kier alpha value is -1.75. The molecular formula is C35H54N2O3. The van der Waals surface area contributed by atoms with Gasteiger partial charge >= 0.3 is 5.97 Å². The maximum absolute atomic E-state index is 12.6. The third-order valence-corrected chi connectivity index (χ3v) is 13.0. The van der Waals surface area contributed by atoms with E-state index in [1.807, 2.05) is 13.8 Å². The molecule has 0 saturated heterocycles. The molecule has 0 spiro atoms. The molecule has 1 aromatic heterocycles. The Balaban J connectivity index is 1.57. The van der Waals surface area contributed by atoms with Crippen LogP contribution in [0.3, 0.4) is 0 Å². The number of fused-ring (bicyclic) bond motifs is 6. The average Bonchev–Trinajstić information content (AvgIpc) is 3.21. The van der Waals surface area contributed by atoms with Crippen LogP contribution in [0.15, 0.2) is 17.8 Å². The van der Waals surface area contributed by atoms with Crippen molar-refractivity contribution in [1.82, 2.24) is 9.97 Å². The number of carbonyl (C=O) groups excluding carboxylic acids is 1. The first kappa shape index (κ1) is 29.7. The highest BCUT2D eigenvalue weighted by molar-refractivity contribution is 5.66. The molecule has 0 amide bonds. The van der Waals surface area contributed by atoms with Gasteiger partial charge in [-0.1, -0.05) is 46.3 Å². The standard InChI is InChI=1S/C35H54N2O3/c1-21(2)12-11-15-35(10,39)25-13-16-34(9)29(25)26(40-23(4)38)18-28-32(7)19-24-20-36-22(3)37-30(24)31(5,6)27(32)14-17-33(28,34)8/h12,20,25-29,39H,11,13-19H2,1-10H3/t25-,26+,27-,28+,29-,32-,33+,34+,35-/m0/s1. The predicted molar refractivity (Wildman–Crippen MR) is 160 cm³/mol. The van der Waals surface area contributed by atoms with Gasteiger partial charge in [-0.15, -0.1) is 0 Å². The van der Waals surface area contributed by atoms with Gasteiger partial charge in [0.15, 0.2) is 0 Å². The van der Waals surface area contributed by atoms with E-state index in [4.69, 9.17) is 9.72 Å². The van der Waals surface area contributed by atoms with Crippen LogP contribution < -0.4 is 0 Å². The van der Waals surface area contributed by atoms with E-state index >= 15 is 0 Å². The normalized spacial score (nSPS) is 41.0. The van der Waals surface area contributed by atoms with E-state index < -0.39 is 5.60 Å². The van der Waals surface area contributed by atoms with Crippen molar-refractivity contribution in [3.05, 3.63) is 34.9 Å². The zero-order chi connectivity index (χ0) is 29.5. The first-order chi connectivity index (χ1) is 18.5. The Morgan fingerprint density at radius 3 is 2.42 bits per heavy atom. The van der Waals surface area contributed by atoms with Crippen LogP contribution in [-0.4, -0.2) is 32.7 Å². The van der Waals surface area contributed by atoms with Crippen molar-refractivity contribution >= 4 is 5.97 Å². The van der Waals surface area contributed by atoms with Gasteiger partial charge in [0.1, 0.15) is 11.9 Å². The summed E-state index contributed by atoms with van der Waals surface area (Å²) in [6, 6.07) is 0. The highest BCUT2D eigenvalue weighted by Crippen LogP contribution is 2.75. The fourth-order valence-electron chi connectivity index (χ4n) is 11.2. The number of esters is 1. The number of nitrogens with zero attached hydrogens (tertiary/aromatic N) is 2. The lowest BCUT2D eigenvalue weighted by molar-refractivity contribution is -0.231. The molecule has 0 aromatic carbocycles. The number of hydrogen-bond acceptors (Lipinski definition) is 5. The van der Waals surface area contributed by atoms with Gasteiger partial charge < -0.3 is 9.84 Å². The number of rotatable bonds is 5. The van der Waals surface area contributed by atoms with Crippen LogP contribution >= 0.6 is 0 Å². The minimum absolute atomic E-state index is 0.0105. The van der Waals surface area contributed by atoms with Crippen LogP contribution in [0.5, 0.6) is 0 Å². The molecule has 1 N–H and O–H groups in total. The van der Waals surface area contributed by atoms with Gasteiger partial charge in [0.2, 0.25) is 0 Å². The zero-order valence-corrected chi connectivity index (χ0v) is 26.9. The van der Waals surface area contributed by atoms with E-state index in [0.717, 1.165) is 44.3 Å². The van der Waals surface area contributed by atoms with Gasteiger partial charge in [-0.05, 0) is 119 Å². The molecule has 5 heteroatoms. The highest BCUT2D eigenvalue weighted by Gasteiger charge is 2.72. The van der Waals surface area contributed by atoms with Gasteiger partial charge in [0.25, 0.3) is 0 Å². The third kappa shape index (κ3) is 4.31. The Kier molecular flexibility index (Phi) is 7.17. The van der Waals surface area contributed by atoms with Gasteiger partial charge in [0.05, 0.1) is 11.3 Å². The Bertz CT molecular complexity index is 1200. The number of aryl methyl sites for hydroxylation is 1. The SMILES string of the molecule is CC(=O)O[C@@H]1C[C@@H]2[C@@]3(C)Cc4cnc(C)nc4C(C)(C)[C@@H]3CC[C@@]2(C)[C@]2(C)CC[C@H]([C@@](C)(O)CCC=C(C)C)[C@@H]12. The third-order valence-electron chi connectivity index (χ3n) is 13.0. The number of allylic oxidation sites excluding steroid dienone is 2. The van der Waals surface area contributed by atoms with Gasteiger partial charge in [-0.25, -0.2) is 9.97 Å². The van der Waals surface area contributed by atoms with Gasteiger partial charge in [-0.2, -0.15) is 0 Å². The molecular weight excluding hydrogens is 496 g/mol. The molecule has 1 aromatic rings. The number of aromatic nitrogens is 2. The molecule has 0 aliphatic heterocycles. The van der Waals surface area contributed by atoms with E-state index in [1.165, 1.54) is 29.7 Å². The van der Waals surface area contributed by atoms with E-state index in [9.17, 15) is 9.90 Å². The summed E-state index contributed by atoms with van der Waals surface area (Å²) in [6.45, 7) is 22.2. The van der Waals surface area contributed by atoms with E-state index in [1.54, 1.807) is 6.92 Å². The first-order valence-electron chi connectivity index (χ1n) is 15.8. The Labute approximate surface area is 243 Å². The maximum atomic E-state index is 12.6. The summed E-state index contributed by atoms with van der Waals surface area (Å²) >= 11 is 0. The molecule has 0 bridgehead atoms. The zero-order valence-electron chi connectivity index (χ0n) is 26.9. The summed E-state index contributed by atoms with van der Waals surface area (Å²) in [7, 11) is 0. The lowest BCUT2D eigenvalue weighted by Gasteiger charge is -2.70. The lowest BCUT2D eigenvalue weighted by atomic mass is 9.35. The fraction of sp³-hybridized carbons (Fsp3) is 0.800. The second-order valence-corrected chi connectivity index (χ2v) is 15.9. The summed E-state index contributed by atoms with van der Waals surface area (Å²) in [6.07, 6.45) is 12.1. The summed E-state index contributed by atoms with van der Waals surface area (Å²) < 4.78 is 6.31. The first-order valence-corrected chi connectivity index (χ1v) is 15.8. The molecule has 1 heterocycles. The second kappa shape index (κ2) is 9.64. The van der Waals surface area contributed by atoms with Crippen LogP contribution in [0, 0.1) is 46.8 Å². The molecule has 40 heavy (non-hydrogen) atoms. The van der Waals surface area contributed by atoms with Crippen molar-refractivity contribution < 1.29 is 14.6 Å². The summed E-state index contributed by atoms with van der Waals surface area (Å²) in [4.78, 5) is 22.2. The van der Waals surface area contributed by atoms with Crippen molar-refractivity contribution in [3.63, 3.8) is 0 Å². The van der Waals surface area contributed by atoms with E-state index in [2.05, 4.69) is 65.7 Å². The largest absolute Gasteiger partial charge is 0.462 e. The van der Waals surface area contributed by atoms with Crippen molar-refractivity contribution in [2.45, 2.75) is 138 Å². The molecule has 3 fully saturated rings. The summed E-state index contributed by atoms with van der Waals surface area (Å²) in [5.74, 6) is 1.86. The quantitative estimate of drug-likeness (QED) is 0.303. The predicted octanol–water partition coefficient (Wildman–Crippen LogP) is 7.52. The van der Waals surface area contributed by atoms with Gasteiger partial charge in [-0.3, -0.25) is 4.79 Å². The van der Waals surface area contributed by atoms with E-state index in [-0.39, 0.29) is 45.6 Å². The molecule has 5 rings (SSSR count). The lowest BCUT2D eigenvalue weighted by Crippen LogP contribution is -2.66. The number of aliphatic hydroxyl groups is 1. The molecule has 4 aliphatic rings. The minimum atomic E-state index is -0.794. The smallest absolute Gasteiger partial charge is 0.302 e. The van der Waals surface area contributed by atoms with Crippen LogP contribution in [0.25, 0.3) is 0 Å². The average molecular weight is 551 g/mol. The number of hydrogen-bond donors (Lipinski definition) is 1. The molecule has 0 unspecified atom stereocenters. The topological polar surface area (TPSA) is 72.3 Å². The Morgan fingerprint density at radius 1 is 1.10 bits per heavy atom. The van der Waals surface area contributed by atoms with Crippen LogP contribution in [0.4, 0.5) is 0 Å². The monoisotopic (exact) mass is 550 g/mol. The maximum Gasteiger partial charge on any atom is 0.302 e. The molecule has 5 nitrogen and oxygen atoms in total. The van der Waals surface area contributed by atoms with Crippen molar-refractivity contribution in [3.8, 4) is 0 Å². The fourth-order valence-corrected chi connectivity index (χ4v) is 11.2. The van der Waals surface area contributed by atoms with Crippen LogP contribution in [0.2, 0.25) is 0 Å². The molecule has 9 atom stereocenters. The Morgan fingerprint density at radius 2 is 1.77 bits per heavy atom. The second-order valence-electron chi connectivity index (χ2n) is 15.9. The van der Waals surface area contributed by atoms with Crippen molar-refractivity contribution in [2.75, 3.05) is 0 Å².